The van der Waals surface area contributed by atoms with E-state index >= 15 is 0 Å². The molecule has 1 saturated heterocycles. The van der Waals surface area contributed by atoms with Gasteiger partial charge in [-0.2, -0.15) is 0 Å². The number of benzene rings is 1. The van der Waals surface area contributed by atoms with Crippen LogP contribution in [0.15, 0.2) is 53.7 Å². The molecule has 158 valence electrons. The molecule has 0 radical (unpaired) electrons. The van der Waals surface area contributed by atoms with Gasteiger partial charge in [0.05, 0.1) is 18.8 Å². The molecular weight excluding hydrogens is 479 g/mol. The van der Waals surface area contributed by atoms with Gasteiger partial charge >= 0.3 is 0 Å². The van der Waals surface area contributed by atoms with Crippen molar-refractivity contribution in [2.45, 2.75) is 26.5 Å². The van der Waals surface area contributed by atoms with Gasteiger partial charge in [-0.15, -0.1) is 24.0 Å². The van der Waals surface area contributed by atoms with Gasteiger partial charge in [-0.05, 0) is 43.2 Å². The van der Waals surface area contributed by atoms with E-state index < -0.39 is 0 Å². The molecule has 1 aliphatic heterocycles. The molecule has 0 spiro atoms. The normalized spacial score (nSPS) is 16.4. The minimum Gasteiger partial charge on any atom is -0.487 e. The average molecular weight is 510 g/mol. The number of rotatable bonds is 8. The number of ether oxygens (including phenoxy) is 2. The van der Waals surface area contributed by atoms with Crippen molar-refractivity contribution in [3.63, 3.8) is 0 Å². The fourth-order valence-corrected chi connectivity index (χ4v) is 3.36. The number of likely N-dealkylation sites (tertiary alicyclic amines) is 1. The van der Waals surface area contributed by atoms with Gasteiger partial charge in [0.1, 0.15) is 12.4 Å². The Bertz CT molecular complexity index is 757. The highest BCUT2D eigenvalue weighted by atomic mass is 127. The fraction of sp³-hybridized carbons (Fsp3) is 0.455. The highest BCUT2D eigenvalue weighted by Gasteiger charge is 2.24. The van der Waals surface area contributed by atoms with Crippen LogP contribution in [0.3, 0.4) is 0 Å². The number of aliphatic imine (C=N–C) groups is 1. The molecule has 0 aliphatic carbocycles. The smallest absolute Gasteiger partial charge is 0.194 e. The number of aromatic nitrogens is 1. The number of methoxy groups -OCH3 is 1. The van der Waals surface area contributed by atoms with Gasteiger partial charge < -0.3 is 19.7 Å². The number of halogens is 1. The lowest BCUT2D eigenvalue weighted by atomic mass is 10.1. The molecule has 1 aromatic heterocycles. The Labute approximate surface area is 190 Å². The number of guanidine groups is 1. The van der Waals surface area contributed by atoms with Crippen LogP contribution in [0.25, 0.3) is 0 Å². The van der Waals surface area contributed by atoms with Crippen molar-refractivity contribution < 1.29 is 9.47 Å². The molecule has 29 heavy (non-hydrogen) atoms. The molecule has 1 atom stereocenters. The monoisotopic (exact) mass is 510 g/mol. The van der Waals surface area contributed by atoms with Gasteiger partial charge in [0.25, 0.3) is 0 Å². The summed E-state index contributed by atoms with van der Waals surface area (Å²) in [5.41, 5.74) is 2.04. The summed E-state index contributed by atoms with van der Waals surface area (Å²) in [4.78, 5) is 11.5. The Morgan fingerprint density at radius 3 is 2.93 bits per heavy atom. The maximum atomic E-state index is 5.88. The summed E-state index contributed by atoms with van der Waals surface area (Å²) in [6.45, 7) is 6.87. The lowest BCUT2D eigenvalue weighted by Crippen LogP contribution is -2.40. The first-order chi connectivity index (χ1) is 13.8. The van der Waals surface area contributed by atoms with Gasteiger partial charge in [-0.25, -0.2) is 4.99 Å². The van der Waals surface area contributed by atoms with Crippen LogP contribution < -0.4 is 10.1 Å². The zero-order chi connectivity index (χ0) is 19.6. The van der Waals surface area contributed by atoms with E-state index in [1.807, 2.05) is 36.4 Å². The second-order valence-electron chi connectivity index (χ2n) is 6.98. The summed E-state index contributed by atoms with van der Waals surface area (Å²) < 4.78 is 11.2. The summed E-state index contributed by atoms with van der Waals surface area (Å²) in [6, 6.07) is 13.9. The largest absolute Gasteiger partial charge is 0.487 e. The molecule has 1 aliphatic rings. The van der Waals surface area contributed by atoms with Crippen LogP contribution in [-0.2, 0) is 17.9 Å². The molecule has 1 fully saturated rings. The molecule has 0 saturated carbocycles. The Hall–Kier alpha value is -1.87. The van der Waals surface area contributed by atoms with Crippen molar-refractivity contribution in [3.8, 4) is 5.75 Å². The Kier molecular flexibility index (Phi) is 10.2. The molecule has 0 amide bonds. The van der Waals surface area contributed by atoms with Gasteiger partial charge in [0.2, 0.25) is 0 Å². The van der Waals surface area contributed by atoms with E-state index in [9.17, 15) is 0 Å². The third kappa shape index (κ3) is 7.47. The third-order valence-corrected chi connectivity index (χ3v) is 4.75. The van der Waals surface area contributed by atoms with Crippen LogP contribution in [0.4, 0.5) is 0 Å². The molecule has 3 rings (SSSR count). The molecule has 2 aromatic rings. The maximum absolute atomic E-state index is 5.88. The molecule has 1 aromatic carbocycles. The molecule has 1 unspecified atom stereocenters. The maximum Gasteiger partial charge on any atom is 0.194 e. The lowest BCUT2D eigenvalue weighted by molar-refractivity contribution is 0.157. The van der Waals surface area contributed by atoms with Crippen molar-refractivity contribution in [2.75, 3.05) is 33.4 Å². The van der Waals surface area contributed by atoms with Crippen molar-refractivity contribution in [1.29, 1.82) is 0 Å². The second kappa shape index (κ2) is 12.6. The van der Waals surface area contributed by atoms with E-state index in [0.717, 1.165) is 55.6 Å². The second-order valence-corrected chi connectivity index (χ2v) is 6.98. The Morgan fingerprint density at radius 2 is 2.17 bits per heavy atom. The van der Waals surface area contributed by atoms with Crippen LogP contribution in [0.5, 0.6) is 5.75 Å². The fourth-order valence-electron chi connectivity index (χ4n) is 3.36. The first kappa shape index (κ1) is 23.4. The molecule has 6 nitrogen and oxygen atoms in total. The van der Waals surface area contributed by atoms with Crippen LogP contribution in [0.1, 0.15) is 24.6 Å². The van der Waals surface area contributed by atoms with E-state index in [0.29, 0.717) is 19.1 Å². The first-order valence-electron chi connectivity index (χ1n) is 9.92. The summed E-state index contributed by atoms with van der Waals surface area (Å²) in [5.74, 6) is 2.39. The van der Waals surface area contributed by atoms with E-state index in [1.165, 1.54) is 0 Å². The van der Waals surface area contributed by atoms with Crippen LogP contribution in [-0.4, -0.2) is 49.2 Å². The van der Waals surface area contributed by atoms with Crippen LogP contribution >= 0.6 is 24.0 Å². The zero-order valence-corrected chi connectivity index (χ0v) is 19.5. The first-order valence-corrected chi connectivity index (χ1v) is 9.92. The van der Waals surface area contributed by atoms with Crippen molar-refractivity contribution >= 4 is 29.9 Å². The minimum atomic E-state index is 0. The van der Waals surface area contributed by atoms with E-state index in [-0.39, 0.29) is 24.0 Å². The predicted octanol–water partition coefficient (Wildman–Crippen LogP) is 3.71. The molecule has 7 heteroatoms. The molecular formula is C22H31IN4O2. The van der Waals surface area contributed by atoms with Crippen molar-refractivity contribution in [1.82, 2.24) is 15.2 Å². The lowest BCUT2D eigenvalue weighted by Gasteiger charge is -2.21. The van der Waals surface area contributed by atoms with Gasteiger partial charge in [-0.1, -0.05) is 18.2 Å². The average Bonchev–Trinajstić information content (AvgIpc) is 3.19. The predicted molar refractivity (Wildman–Crippen MR) is 127 cm³/mol. The van der Waals surface area contributed by atoms with Gasteiger partial charge in [0, 0.05) is 38.9 Å². The number of nitrogens with one attached hydrogen (secondary N) is 1. The summed E-state index contributed by atoms with van der Waals surface area (Å²) >= 11 is 0. The SMILES string of the molecule is CCNC(=NCc1cccc(OCc2ccccn2)c1)N1CCC(COC)C1.I. The Balaban J connectivity index is 0.00000300. The number of nitrogens with zero attached hydrogens (tertiary/aromatic N) is 3. The Morgan fingerprint density at radius 1 is 1.28 bits per heavy atom. The molecule has 1 N–H and O–H groups in total. The van der Waals surface area contributed by atoms with E-state index in [1.54, 1.807) is 13.3 Å². The topological polar surface area (TPSA) is 59.0 Å². The number of hydrogen-bond acceptors (Lipinski definition) is 4. The summed E-state index contributed by atoms with van der Waals surface area (Å²) in [6.07, 6.45) is 2.93. The minimum absolute atomic E-state index is 0. The van der Waals surface area contributed by atoms with Crippen molar-refractivity contribution in [3.05, 3.63) is 59.9 Å². The number of pyridine rings is 1. The molecule has 2 heterocycles. The standard InChI is InChI=1S/C22H30N4O2.HI/c1-3-23-22(26-12-10-19(15-26)16-27-2)25-14-18-7-6-9-21(13-18)28-17-20-8-4-5-11-24-20;/h4-9,11,13,19H,3,10,12,14-17H2,1-2H3,(H,23,25);1H. The van der Waals surface area contributed by atoms with Gasteiger partial charge in [0.15, 0.2) is 5.96 Å². The van der Waals surface area contributed by atoms with Crippen LogP contribution in [0.2, 0.25) is 0 Å². The highest BCUT2D eigenvalue weighted by Crippen LogP contribution is 2.18. The van der Waals surface area contributed by atoms with Gasteiger partial charge in [-0.3, -0.25) is 4.98 Å². The summed E-state index contributed by atoms with van der Waals surface area (Å²) in [5, 5.41) is 3.41. The molecule has 0 bridgehead atoms. The van der Waals surface area contributed by atoms with Crippen molar-refractivity contribution in [2.24, 2.45) is 10.9 Å². The van der Waals surface area contributed by atoms with E-state index in [4.69, 9.17) is 14.5 Å². The van der Waals surface area contributed by atoms with E-state index in [2.05, 4.69) is 28.2 Å². The number of hydrogen-bond donors (Lipinski definition) is 1. The third-order valence-electron chi connectivity index (χ3n) is 4.75. The highest BCUT2D eigenvalue weighted by molar-refractivity contribution is 14.0. The van der Waals surface area contributed by atoms with Crippen LogP contribution in [0, 0.1) is 5.92 Å². The summed E-state index contributed by atoms with van der Waals surface area (Å²) in [7, 11) is 1.77. The zero-order valence-electron chi connectivity index (χ0n) is 17.2. The quantitative estimate of drug-likeness (QED) is 0.334.